The Kier molecular flexibility index (Phi) is 6.40. The van der Waals surface area contributed by atoms with Gasteiger partial charge in [0.2, 0.25) is 5.91 Å². The fraction of sp³-hybridized carbons (Fsp3) is 0.217. The van der Waals surface area contributed by atoms with Gasteiger partial charge in [-0.15, -0.1) is 11.3 Å². The van der Waals surface area contributed by atoms with Crippen LogP contribution in [0.2, 0.25) is 0 Å². The maximum Gasteiger partial charge on any atom is 0.337 e. The van der Waals surface area contributed by atoms with Crippen LogP contribution in [0.4, 0.5) is 0 Å². The number of thiophene rings is 1. The summed E-state index contributed by atoms with van der Waals surface area (Å²) in [6.45, 7) is 0.355. The highest BCUT2D eigenvalue weighted by atomic mass is 32.2. The van der Waals surface area contributed by atoms with Gasteiger partial charge in [-0.2, -0.15) is 4.31 Å². The second-order valence-corrected chi connectivity index (χ2v) is 10.4. The molecule has 4 rings (SSSR count). The molecule has 1 aromatic heterocycles. The molecular formula is C23H22N2O5S2. The zero-order chi connectivity index (χ0) is 22.7. The summed E-state index contributed by atoms with van der Waals surface area (Å²) in [5.41, 5.74) is 3.07. The number of rotatable bonds is 6. The van der Waals surface area contributed by atoms with Gasteiger partial charge in [0.05, 0.1) is 12.7 Å². The topological polar surface area (TPSA) is 92.8 Å². The molecule has 2 heterocycles. The molecule has 2 aromatic carbocycles. The fourth-order valence-electron chi connectivity index (χ4n) is 3.68. The molecule has 0 fully saturated rings. The SMILES string of the molecule is COC(=O)c1ccc(CNC(=O)[C@@H]2Cc3ccccc3CN2S(=O)(=O)c2cccs2)cc1. The third kappa shape index (κ3) is 4.45. The third-order valence-corrected chi connectivity index (χ3v) is 8.64. The van der Waals surface area contributed by atoms with Gasteiger partial charge in [0.15, 0.2) is 0 Å². The van der Waals surface area contributed by atoms with Gasteiger partial charge < -0.3 is 10.1 Å². The van der Waals surface area contributed by atoms with Crippen molar-refractivity contribution in [3.05, 3.63) is 88.3 Å². The number of sulfonamides is 1. The molecule has 0 spiro atoms. The normalized spacial score (nSPS) is 16.2. The summed E-state index contributed by atoms with van der Waals surface area (Å²) in [5, 5.41) is 4.56. The van der Waals surface area contributed by atoms with Crippen molar-refractivity contribution in [1.82, 2.24) is 9.62 Å². The van der Waals surface area contributed by atoms with Crippen molar-refractivity contribution >= 4 is 33.2 Å². The molecule has 1 aliphatic heterocycles. The maximum absolute atomic E-state index is 13.3. The summed E-state index contributed by atoms with van der Waals surface area (Å²) in [5.74, 6) is -0.799. The first-order valence-corrected chi connectivity index (χ1v) is 12.3. The number of carbonyl (C=O) groups excluding carboxylic acids is 2. The van der Waals surface area contributed by atoms with Crippen molar-refractivity contribution in [2.75, 3.05) is 7.11 Å². The number of ether oxygens (including phenoxy) is 1. The van der Waals surface area contributed by atoms with Gasteiger partial charge in [0, 0.05) is 13.1 Å². The third-order valence-electron chi connectivity index (χ3n) is 5.41. The van der Waals surface area contributed by atoms with E-state index in [-0.39, 0.29) is 23.2 Å². The molecule has 1 amide bonds. The molecule has 166 valence electrons. The zero-order valence-corrected chi connectivity index (χ0v) is 19.0. The van der Waals surface area contributed by atoms with Crippen LogP contribution in [0.25, 0.3) is 0 Å². The van der Waals surface area contributed by atoms with E-state index in [1.54, 1.807) is 41.8 Å². The standard InChI is InChI=1S/C23H22N2O5S2/c1-30-23(27)17-10-8-16(9-11-17)14-24-22(26)20-13-18-5-2-3-6-19(18)15-25(20)32(28,29)21-7-4-12-31-21/h2-12,20H,13-15H2,1H3,(H,24,26)/t20-/m0/s1. The molecule has 1 atom stereocenters. The minimum absolute atomic E-state index is 0.141. The fourth-order valence-corrected chi connectivity index (χ4v) is 6.37. The molecule has 0 aliphatic carbocycles. The Morgan fingerprint density at radius 2 is 1.78 bits per heavy atom. The molecule has 9 heteroatoms. The summed E-state index contributed by atoms with van der Waals surface area (Å²) in [6, 6.07) is 16.7. The lowest BCUT2D eigenvalue weighted by atomic mass is 9.95. The van der Waals surface area contributed by atoms with E-state index in [4.69, 9.17) is 0 Å². The summed E-state index contributed by atoms with van der Waals surface area (Å²) in [6.07, 6.45) is 0.299. The van der Waals surface area contributed by atoms with Crippen LogP contribution in [0.5, 0.6) is 0 Å². The summed E-state index contributed by atoms with van der Waals surface area (Å²) in [4.78, 5) is 24.7. The summed E-state index contributed by atoms with van der Waals surface area (Å²) in [7, 11) is -2.50. The Hall–Kier alpha value is -3.01. The number of amides is 1. The molecular weight excluding hydrogens is 448 g/mol. The Balaban J connectivity index is 1.55. The van der Waals surface area contributed by atoms with Crippen molar-refractivity contribution in [3.63, 3.8) is 0 Å². The number of esters is 1. The largest absolute Gasteiger partial charge is 0.465 e. The zero-order valence-electron chi connectivity index (χ0n) is 17.4. The van der Waals surface area contributed by atoms with Crippen molar-refractivity contribution in [2.45, 2.75) is 29.8 Å². The first-order chi connectivity index (χ1) is 15.4. The van der Waals surface area contributed by atoms with Crippen LogP contribution in [0.3, 0.4) is 0 Å². The Labute approximate surface area is 190 Å². The first kappa shape index (κ1) is 22.2. The van der Waals surface area contributed by atoms with Crippen molar-refractivity contribution in [1.29, 1.82) is 0 Å². The van der Waals surface area contributed by atoms with E-state index in [0.29, 0.717) is 12.0 Å². The smallest absolute Gasteiger partial charge is 0.337 e. The number of hydrogen-bond donors (Lipinski definition) is 1. The van der Waals surface area contributed by atoms with Gasteiger partial charge in [-0.25, -0.2) is 13.2 Å². The first-order valence-electron chi connectivity index (χ1n) is 9.97. The Morgan fingerprint density at radius 1 is 1.06 bits per heavy atom. The van der Waals surface area contributed by atoms with E-state index in [1.165, 1.54) is 11.4 Å². The van der Waals surface area contributed by atoms with E-state index in [0.717, 1.165) is 28.0 Å². The van der Waals surface area contributed by atoms with Crippen LogP contribution >= 0.6 is 11.3 Å². The average Bonchev–Trinajstić information content (AvgIpc) is 3.37. The lowest BCUT2D eigenvalue weighted by Crippen LogP contribution is -2.52. The van der Waals surface area contributed by atoms with Gasteiger partial charge in [-0.3, -0.25) is 4.79 Å². The number of benzene rings is 2. The van der Waals surface area contributed by atoms with E-state index in [1.807, 2.05) is 24.3 Å². The van der Waals surface area contributed by atoms with E-state index < -0.39 is 22.0 Å². The number of nitrogens with zero attached hydrogens (tertiary/aromatic N) is 1. The quantitative estimate of drug-likeness (QED) is 0.559. The highest BCUT2D eigenvalue weighted by Crippen LogP contribution is 2.31. The Morgan fingerprint density at radius 3 is 2.44 bits per heavy atom. The number of methoxy groups -OCH3 is 1. The lowest BCUT2D eigenvalue weighted by Gasteiger charge is -2.34. The van der Waals surface area contributed by atoms with E-state index in [2.05, 4.69) is 10.1 Å². The molecule has 32 heavy (non-hydrogen) atoms. The molecule has 7 nitrogen and oxygen atoms in total. The van der Waals surface area contributed by atoms with Crippen LogP contribution in [-0.4, -0.2) is 37.8 Å². The van der Waals surface area contributed by atoms with Gasteiger partial charge in [0.1, 0.15) is 10.3 Å². The molecule has 3 aromatic rings. The van der Waals surface area contributed by atoms with E-state index >= 15 is 0 Å². The number of nitrogens with one attached hydrogen (secondary N) is 1. The predicted molar refractivity (Wildman–Crippen MR) is 121 cm³/mol. The van der Waals surface area contributed by atoms with Crippen molar-refractivity contribution in [3.8, 4) is 0 Å². The van der Waals surface area contributed by atoms with Crippen molar-refractivity contribution < 1.29 is 22.7 Å². The summed E-state index contributed by atoms with van der Waals surface area (Å²) >= 11 is 1.14. The van der Waals surface area contributed by atoms with Gasteiger partial charge >= 0.3 is 5.97 Å². The summed E-state index contributed by atoms with van der Waals surface area (Å²) < 4.78 is 32.8. The molecule has 0 bridgehead atoms. The van der Waals surface area contributed by atoms with Crippen LogP contribution < -0.4 is 5.32 Å². The lowest BCUT2D eigenvalue weighted by molar-refractivity contribution is -0.125. The molecule has 0 unspecified atom stereocenters. The minimum atomic E-state index is -3.82. The molecule has 0 radical (unpaired) electrons. The van der Waals surface area contributed by atoms with E-state index in [9.17, 15) is 18.0 Å². The van der Waals surface area contributed by atoms with Gasteiger partial charge in [-0.05, 0) is 46.7 Å². The van der Waals surface area contributed by atoms with Crippen LogP contribution in [-0.2, 0) is 39.1 Å². The highest BCUT2D eigenvalue weighted by molar-refractivity contribution is 7.91. The number of fused-ring (bicyclic) bond motifs is 1. The number of carbonyl (C=O) groups is 2. The molecule has 1 N–H and O–H groups in total. The monoisotopic (exact) mass is 470 g/mol. The van der Waals surface area contributed by atoms with Crippen LogP contribution in [0.15, 0.2) is 70.3 Å². The van der Waals surface area contributed by atoms with Gasteiger partial charge in [-0.1, -0.05) is 42.5 Å². The van der Waals surface area contributed by atoms with Gasteiger partial charge in [0.25, 0.3) is 10.0 Å². The Bertz CT molecular complexity index is 1220. The molecule has 0 saturated carbocycles. The molecule has 1 aliphatic rings. The average molecular weight is 471 g/mol. The maximum atomic E-state index is 13.3. The highest BCUT2D eigenvalue weighted by Gasteiger charge is 2.39. The van der Waals surface area contributed by atoms with Crippen molar-refractivity contribution in [2.24, 2.45) is 0 Å². The minimum Gasteiger partial charge on any atom is -0.465 e. The number of hydrogen-bond acceptors (Lipinski definition) is 6. The van der Waals surface area contributed by atoms with Crippen LogP contribution in [0.1, 0.15) is 27.0 Å². The second kappa shape index (κ2) is 9.23. The van der Waals surface area contributed by atoms with Crippen LogP contribution in [0, 0.1) is 0 Å². The predicted octanol–water partition coefficient (Wildman–Crippen LogP) is 2.97. The second-order valence-electron chi connectivity index (χ2n) is 7.38. The molecule has 0 saturated heterocycles.